The maximum Gasteiger partial charge on any atom is 0.0374 e. The zero-order valence-electron chi connectivity index (χ0n) is 17.9. The summed E-state index contributed by atoms with van der Waals surface area (Å²) in [6.07, 6.45) is 20.1. The Morgan fingerprint density at radius 2 is 1.82 bits per heavy atom. The molecule has 0 amide bonds. The third-order valence-electron chi connectivity index (χ3n) is 11.7. The molecule has 7 atom stereocenters. The summed E-state index contributed by atoms with van der Waals surface area (Å²) in [5.74, 6) is 9.55. The zero-order valence-corrected chi connectivity index (χ0v) is 17.9. The quantitative estimate of drug-likeness (QED) is 0.281. The largest absolute Gasteiger partial charge is 0.294 e. The summed E-state index contributed by atoms with van der Waals surface area (Å²) < 4.78 is 0. The van der Waals surface area contributed by atoms with Gasteiger partial charge in [0.15, 0.2) is 0 Å². The standard InChI is InChI=1S/C27H37N/c1-20-10-16-27-22-8-3-5-14-26(27)13-4-2-7-21-9-6-12-25(21)19-28(25)18-24(26,15-11-22)17-23(20)27/h21-22H,3,5-19H2,1H3. The van der Waals surface area contributed by atoms with Gasteiger partial charge in [-0.3, -0.25) is 4.90 Å². The lowest BCUT2D eigenvalue weighted by Gasteiger charge is -2.60. The molecule has 0 radical (unpaired) electrons. The molecule has 1 heteroatoms. The molecule has 150 valence electrons. The van der Waals surface area contributed by atoms with Gasteiger partial charge in [-0.1, -0.05) is 30.4 Å². The third-order valence-corrected chi connectivity index (χ3v) is 11.7. The first kappa shape index (κ1) is 17.0. The van der Waals surface area contributed by atoms with Crippen LogP contribution < -0.4 is 0 Å². The number of hydrogen-bond acceptors (Lipinski definition) is 1. The van der Waals surface area contributed by atoms with Crippen molar-refractivity contribution in [1.82, 2.24) is 4.90 Å². The fraction of sp³-hybridized carbons (Fsp3) is 0.852. The van der Waals surface area contributed by atoms with E-state index in [1.807, 2.05) is 11.1 Å². The van der Waals surface area contributed by atoms with Gasteiger partial charge in [0.2, 0.25) is 0 Å². The van der Waals surface area contributed by atoms with Crippen molar-refractivity contribution in [1.29, 1.82) is 0 Å². The van der Waals surface area contributed by atoms with E-state index in [-0.39, 0.29) is 0 Å². The fourth-order valence-corrected chi connectivity index (χ4v) is 10.5. The van der Waals surface area contributed by atoms with Gasteiger partial charge in [-0.15, -0.1) is 11.8 Å². The normalized spacial score (nSPS) is 56.0. The second-order valence-electron chi connectivity index (χ2n) is 12.0. The van der Waals surface area contributed by atoms with Crippen LogP contribution in [0.25, 0.3) is 0 Å². The van der Waals surface area contributed by atoms with Crippen LogP contribution in [-0.2, 0) is 0 Å². The zero-order chi connectivity index (χ0) is 18.6. The Labute approximate surface area is 171 Å². The van der Waals surface area contributed by atoms with Crippen LogP contribution >= 0.6 is 0 Å². The Kier molecular flexibility index (Phi) is 3.21. The molecule has 2 aliphatic heterocycles. The van der Waals surface area contributed by atoms with Crippen molar-refractivity contribution in [3.8, 4) is 11.8 Å². The highest BCUT2D eigenvalue weighted by Crippen LogP contribution is 2.81. The molecule has 4 bridgehead atoms. The molecule has 1 saturated heterocycles. The van der Waals surface area contributed by atoms with Gasteiger partial charge in [-0.25, -0.2) is 0 Å². The summed E-state index contributed by atoms with van der Waals surface area (Å²) in [5, 5.41) is 0. The number of allylic oxidation sites excluding steroid dienone is 2. The predicted octanol–water partition coefficient (Wildman–Crippen LogP) is 6.10. The number of rotatable bonds is 0. The molecule has 3 spiro atoms. The van der Waals surface area contributed by atoms with Crippen LogP contribution in [0.15, 0.2) is 11.1 Å². The summed E-state index contributed by atoms with van der Waals surface area (Å²) in [7, 11) is 0. The minimum Gasteiger partial charge on any atom is -0.294 e. The lowest BCUT2D eigenvalue weighted by atomic mass is 9.44. The number of nitrogens with zero attached hydrogens (tertiary/aromatic N) is 1. The topological polar surface area (TPSA) is 3.01 Å². The Hall–Kier alpha value is -0.740. The maximum atomic E-state index is 3.90. The summed E-state index contributed by atoms with van der Waals surface area (Å²) >= 11 is 0. The summed E-state index contributed by atoms with van der Waals surface area (Å²) in [6, 6.07) is 0. The smallest absolute Gasteiger partial charge is 0.0374 e. The van der Waals surface area contributed by atoms with Crippen molar-refractivity contribution >= 4 is 0 Å². The third kappa shape index (κ3) is 1.71. The van der Waals surface area contributed by atoms with Crippen LogP contribution in [0, 0.1) is 39.9 Å². The monoisotopic (exact) mass is 375 g/mol. The Morgan fingerprint density at radius 3 is 2.79 bits per heavy atom. The average Bonchev–Trinajstić information content (AvgIpc) is 3.03. The van der Waals surface area contributed by atoms with Gasteiger partial charge < -0.3 is 0 Å². The highest BCUT2D eigenvalue weighted by Gasteiger charge is 2.75. The Bertz CT molecular complexity index is 827. The average molecular weight is 376 g/mol. The van der Waals surface area contributed by atoms with E-state index in [1.165, 1.54) is 103 Å². The minimum atomic E-state index is 0.509. The first-order chi connectivity index (χ1) is 13.7. The SMILES string of the molecule is CC1=C2CC34CCC5CCCCC3(CC#CCC3CCCC36CN6C4)C25CC1. The maximum absolute atomic E-state index is 3.90. The van der Waals surface area contributed by atoms with E-state index in [0.717, 1.165) is 11.8 Å². The van der Waals surface area contributed by atoms with E-state index < -0.39 is 0 Å². The van der Waals surface area contributed by atoms with Crippen molar-refractivity contribution < 1.29 is 0 Å². The van der Waals surface area contributed by atoms with Gasteiger partial charge in [0, 0.05) is 36.9 Å². The molecule has 1 nitrogen and oxygen atoms in total. The molecule has 0 aromatic heterocycles. The van der Waals surface area contributed by atoms with Crippen LogP contribution in [0.5, 0.6) is 0 Å². The molecule has 5 fully saturated rings. The van der Waals surface area contributed by atoms with E-state index in [2.05, 4.69) is 23.7 Å². The lowest BCUT2D eigenvalue weighted by Crippen LogP contribution is -2.56. The molecule has 7 unspecified atom stereocenters. The van der Waals surface area contributed by atoms with E-state index in [9.17, 15) is 0 Å². The van der Waals surface area contributed by atoms with E-state index >= 15 is 0 Å². The van der Waals surface area contributed by atoms with Crippen molar-refractivity contribution in [2.45, 2.75) is 102 Å². The van der Waals surface area contributed by atoms with Crippen LogP contribution in [0.3, 0.4) is 0 Å². The second kappa shape index (κ2) is 5.29. The van der Waals surface area contributed by atoms with Crippen LogP contribution in [0.1, 0.15) is 96.8 Å². The summed E-state index contributed by atoms with van der Waals surface area (Å²) in [4.78, 5) is 3.01. The second-order valence-corrected chi connectivity index (χ2v) is 12.0. The van der Waals surface area contributed by atoms with Gasteiger partial charge in [-0.2, -0.15) is 0 Å². The van der Waals surface area contributed by atoms with Crippen LogP contribution in [0.4, 0.5) is 0 Å². The highest BCUT2D eigenvalue weighted by atomic mass is 15.4. The molecule has 28 heavy (non-hydrogen) atoms. The molecular weight excluding hydrogens is 338 g/mol. The molecule has 0 aromatic rings. The van der Waals surface area contributed by atoms with Crippen molar-refractivity contribution in [2.24, 2.45) is 28.1 Å². The Morgan fingerprint density at radius 1 is 0.893 bits per heavy atom. The van der Waals surface area contributed by atoms with Gasteiger partial charge in [0.1, 0.15) is 0 Å². The van der Waals surface area contributed by atoms with Gasteiger partial charge in [0.05, 0.1) is 0 Å². The molecule has 0 aromatic carbocycles. The first-order valence-electron chi connectivity index (χ1n) is 12.6. The number of hydrogen-bond donors (Lipinski definition) is 0. The van der Waals surface area contributed by atoms with Crippen LogP contribution in [-0.4, -0.2) is 23.5 Å². The molecular formula is C27H37N. The Balaban J connectivity index is 1.43. The van der Waals surface area contributed by atoms with E-state index in [1.54, 1.807) is 0 Å². The lowest BCUT2D eigenvalue weighted by molar-refractivity contribution is -0.106. The molecule has 5 aliphatic carbocycles. The van der Waals surface area contributed by atoms with Crippen molar-refractivity contribution in [3.63, 3.8) is 0 Å². The van der Waals surface area contributed by atoms with Gasteiger partial charge in [0.25, 0.3) is 0 Å². The molecule has 0 N–H and O–H groups in total. The predicted molar refractivity (Wildman–Crippen MR) is 114 cm³/mol. The summed E-state index contributed by atoms with van der Waals surface area (Å²) in [5.41, 5.74) is 5.98. The van der Waals surface area contributed by atoms with E-state index in [0.29, 0.717) is 21.8 Å². The molecule has 2 heterocycles. The van der Waals surface area contributed by atoms with E-state index in [4.69, 9.17) is 0 Å². The molecule has 4 saturated carbocycles. The highest BCUT2D eigenvalue weighted by molar-refractivity contribution is 5.44. The van der Waals surface area contributed by atoms with Crippen molar-refractivity contribution in [2.75, 3.05) is 13.1 Å². The van der Waals surface area contributed by atoms with Crippen molar-refractivity contribution in [3.05, 3.63) is 11.1 Å². The van der Waals surface area contributed by atoms with Gasteiger partial charge in [-0.05, 0) is 87.4 Å². The minimum absolute atomic E-state index is 0.509. The van der Waals surface area contributed by atoms with Gasteiger partial charge >= 0.3 is 0 Å². The molecule has 7 aliphatic rings. The fourth-order valence-electron chi connectivity index (χ4n) is 10.5. The summed E-state index contributed by atoms with van der Waals surface area (Å²) in [6.45, 7) is 5.34. The first-order valence-corrected chi connectivity index (χ1v) is 12.6. The molecule has 7 rings (SSSR count). The van der Waals surface area contributed by atoms with Crippen LogP contribution in [0.2, 0.25) is 0 Å².